The molecule has 10 nitrogen and oxygen atoms in total. The van der Waals surface area contributed by atoms with Gasteiger partial charge in [-0.2, -0.15) is 0 Å². The molecule has 3 aliphatic rings. The van der Waals surface area contributed by atoms with Crippen molar-refractivity contribution in [1.29, 1.82) is 0 Å². The zero-order chi connectivity index (χ0) is 28.1. The van der Waals surface area contributed by atoms with Crippen LogP contribution in [0.2, 0.25) is 0 Å². The van der Waals surface area contributed by atoms with Gasteiger partial charge in [0.1, 0.15) is 12.4 Å². The van der Waals surface area contributed by atoms with E-state index in [2.05, 4.69) is 28.2 Å². The Balaban J connectivity index is 1.11. The summed E-state index contributed by atoms with van der Waals surface area (Å²) in [5, 5.41) is 3.73. The fourth-order valence-corrected chi connectivity index (χ4v) is 6.80. The van der Waals surface area contributed by atoms with Crippen LogP contribution in [0.1, 0.15) is 46.6 Å². The molecule has 1 N–H and O–H groups in total. The van der Waals surface area contributed by atoms with Crippen LogP contribution in [0.5, 0.6) is 5.75 Å². The van der Waals surface area contributed by atoms with Crippen LogP contribution in [0.25, 0.3) is 10.9 Å². The van der Waals surface area contributed by atoms with Crippen molar-refractivity contribution in [1.82, 2.24) is 20.3 Å². The van der Waals surface area contributed by atoms with Gasteiger partial charge in [0, 0.05) is 28.8 Å². The molecule has 1 saturated carbocycles. The molecule has 1 amide bonds. The van der Waals surface area contributed by atoms with Crippen LogP contribution < -0.4 is 15.0 Å². The zero-order valence-electron chi connectivity index (χ0n) is 22.5. The van der Waals surface area contributed by atoms with Gasteiger partial charge in [0.2, 0.25) is 0 Å². The van der Waals surface area contributed by atoms with Crippen molar-refractivity contribution in [2.24, 2.45) is 5.92 Å². The quantitative estimate of drug-likeness (QED) is 0.380. The van der Waals surface area contributed by atoms with Crippen molar-refractivity contribution < 1.29 is 22.7 Å². The van der Waals surface area contributed by atoms with E-state index in [1.807, 2.05) is 24.3 Å². The minimum atomic E-state index is -3.51. The monoisotopic (exact) mass is 571 g/mol. The Morgan fingerprint density at radius 2 is 1.98 bits per heavy atom. The minimum absolute atomic E-state index is 0.103. The first kappa shape index (κ1) is 25.8. The molecular formula is C30H29N5O5S. The number of aromatic nitrogens is 3. The summed E-state index contributed by atoms with van der Waals surface area (Å²) in [6.45, 7) is 3.93. The molecule has 2 atom stereocenters. The standard InChI is InChI=1S/C30H29N5O5S/c1-18-12-23(18)24-5-6-26-29(34-24)35(8-9-40-26)28-7-4-20-15-31-22(14-25(20)33-28)16-32-30(36)19-2-3-21-17-39-10-11-41(37,38)27(21)13-19/h2-7,13-15,18,23H,8-12,16-17H2,1H3,(H,32,36)/t18-,23-/m1/s1. The summed E-state index contributed by atoms with van der Waals surface area (Å²) in [5.41, 5.74) is 3.31. The number of pyridine rings is 3. The molecule has 210 valence electrons. The summed E-state index contributed by atoms with van der Waals surface area (Å²) in [4.78, 5) is 29.5. The van der Waals surface area contributed by atoms with Crippen LogP contribution in [0, 0.1) is 5.92 Å². The summed E-state index contributed by atoms with van der Waals surface area (Å²) in [6.07, 6.45) is 2.90. The highest BCUT2D eigenvalue weighted by Gasteiger charge is 2.36. The second-order valence-electron chi connectivity index (χ2n) is 10.8. The molecule has 1 aromatic carbocycles. The molecule has 1 fully saturated rings. The number of sulfone groups is 1. The number of rotatable bonds is 5. The third-order valence-electron chi connectivity index (χ3n) is 7.92. The number of hydrogen-bond acceptors (Lipinski definition) is 9. The first-order chi connectivity index (χ1) is 19.9. The van der Waals surface area contributed by atoms with Gasteiger partial charge in [-0.25, -0.2) is 18.4 Å². The van der Waals surface area contributed by atoms with Crippen LogP contribution in [0.4, 0.5) is 11.6 Å². The zero-order valence-corrected chi connectivity index (χ0v) is 23.4. The van der Waals surface area contributed by atoms with Crippen molar-refractivity contribution in [2.75, 3.05) is 30.4 Å². The third-order valence-corrected chi connectivity index (χ3v) is 9.67. The van der Waals surface area contributed by atoms with Gasteiger partial charge in [-0.3, -0.25) is 9.78 Å². The van der Waals surface area contributed by atoms with E-state index in [-0.39, 0.29) is 41.9 Å². The SMILES string of the molecule is C[C@@H]1C[C@H]1c1ccc2c(n1)N(c1ccc3cnc(CNC(=O)c4ccc5c(c4)S(=O)(=O)CCOC5)cc3n1)CCO2. The van der Waals surface area contributed by atoms with Gasteiger partial charge < -0.3 is 19.7 Å². The van der Waals surface area contributed by atoms with E-state index in [1.165, 1.54) is 6.07 Å². The number of ether oxygens (including phenoxy) is 2. The predicted molar refractivity (Wildman–Crippen MR) is 152 cm³/mol. The van der Waals surface area contributed by atoms with Gasteiger partial charge in [-0.1, -0.05) is 13.0 Å². The number of carbonyl (C=O) groups excluding carboxylic acids is 1. The fourth-order valence-electron chi connectivity index (χ4n) is 5.41. The second kappa shape index (κ2) is 10.1. The Bertz CT molecular complexity index is 1790. The average Bonchev–Trinajstić information content (AvgIpc) is 3.75. The Kier molecular flexibility index (Phi) is 6.35. The highest BCUT2D eigenvalue weighted by Crippen LogP contribution is 2.47. The van der Waals surface area contributed by atoms with E-state index in [1.54, 1.807) is 18.3 Å². The van der Waals surface area contributed by atoms with Crippen LogP contribution in [-0.2, 0) is 27.7 Å². The van der Waals surface area contributed by atoms with Crippen molar-refractivity contribution in [3.05, 3.63) is 77.2 Å². The molecule has 0 saturated heterocycles. The topological polar surface area (TPSA) is 124 Å². The van der Waals surface area contributed by atoms with Crippen molar-refractivity contribution in [3.8, 4) is 5.75 Å². The Morgan fingerprint density at radius 1 is 1.10 bits per heavy atom. The molecule has 1 aliphatic carbocycles. The maximum absolute atomic E-state index is 12.9. The normalized spacial score (nSPS) is 20.9. The van der Waals surface area contributed by atoms with E-state index in [4.69, 9.17) is 19.4 Å². The summed E-state index contributed by atoms with van der Waals surface area (Å²) in [7, 11) is -3.51. The summed E-state index contributed by atoms with van der Waals surface area (Å²) >= 11 is 0. The number of carbonyl (C=O) groups is 1. The Morgan fingerprint density at radius 3 is 2.83 bits per heavy atom. The number of benzene rings is 1. The van der Waals surface area contributed by atoms with Crippen molar-refractivity contribution >= 4 is 38.3 Å². The first-order valence-electron chi connectivity index (χ1n) is 13.7. The lowest BCUT2D eigenvalue weighted by Gasteiger charge is -2.29. The molecule has 7 rings (SSSR count). The molecule has 41 heavy (non-hydrogen) atoms. The van der Waals surface area contributed by atoms with E-state index < -0.39 is 9.84 Å². The molecule has 3 aromatic heterocycles. The highest BCUT2D eigenvalue weighted by molar-refractivity contribution is 7.91. The van der Waals surface area contributed by atoms with Crippen LogP contribution in [0.3, 0.4) is 0 Å². The molecule has 0 radical (unpaired) electrons. The second-order valence-corrected chi connectivity index (χ2v) is 12.9. The first-order valence-corrected chi connectivity index (χ1v) is 15.4. The van der Waals surface area contributed by atoms with Crippen LogP contribution >= 0.6 is 0 Å². The Labute approximate surface area is 237 Å². The molecule has 0 bridgehead atoms. The molecule has 11 heteroatoms. The summed E-state index contributed by atoms with van der Waals surface area (Å²) in [5.74, 6) is 2.99. The maximum atomic E-state index is 12.9. The predicted octanol–water partition coefficient (Wildman–Crippen LogP) is 3.91. The van der Waals surface area contributed by atoms with Crippen molar-refractivity contribution in [3.63, 3.8) is 0 Å². The van der Waals surface area contributed by atoms with Crippen LogP contribution in [-0.4, -0.2) is 54.8 Å². The van der Waals surface area contributed by atoms with E-state index in [0.717, 1.165) is 40.4 Å². The largest absolute Gasteiger partial charge is 0.488 e. The Hall–Kier alpha value is -4.09. The lowest BCUT2D eigenvalue weighted by molar-refractivity contribution is 0.0950. The van der Waals surface area contributed by atoms with Gasteiger partial charge in [0.25, 0.3) is 5.91 Å². The molecule has 0 spiro atoms. The summed E-state index contributed by atoms with van der Waals surface area (Å²) < 4.78 is 36.5. The smallest absolute Gasteiger partial charge is 0.251 e. The molecule has 5 heterocycles. The highest BCUT2D eigenvalue weighted by atomic mass is 32.2. The number of anilines is 2. The fraction of sp³-hybridized carbons (Fsp3) is 0.333. The van der Waals surface area contributed by atoms with E-state index in [0.29, 0.717) is 36.2 Å². The maximum Gasteiger partial charge on any atom is 0.251 e. The third kappa shape index (κ3) is 5.00. The number of nitrogens with zero attached hydrogens (tertiary/aromatic N) is 4. The van der Waals surface area contributed by atoms with E-state index >= 15 is 0 Å². The average molecular weight is 572 g/mol. The number of amides is 1. The van der Waals surface area contributed by atoms with E-state index in [9.17, 15) is 13.2 Å². The molecule has 0 unspecified atom stereocenters. The number of fused-ring (bicyclic) bond motifs is 3. The minimum Gasteiger partial charge on any atom is -0.488 e. The van der Waals surface area contributed by atoms with Gasteiger partial charge >= 0.3 is 0 Å². The summed E-state index contributed by atoms with van der Waals surface area (Å²) in [6, 6.07) is 14.6. The molecule has 4 aromatic rings. The van der Waals surface area contributed by atoms with Gasteiger partial charge in [-0.05, 0) is 60.4 Å². The molecule has 2 aliphatic heterocycles. The van der Waals surface area contributed by atoms with Crippen molar-refractivity contribution in [2.45, 2.75) is 37.3 Å². The number of nitrogens with one attached hydrogen (secondary N) is 1. The number of hydrogen-bond donors (Lipinski definition) is 1. The van der Waals surface area contributed by atoms with Gasteiger partial charge in [-0.15, -0.1) is 0 Å². The van der Waals surface area contributed by atoms with Crippen LogP contribution in [0.15, 0.2) is 59.6 Å². The molecular weight excluding hydrogens is 542 g/mol. The lowest BCUT2D eigenvalue weighted by atomic mass is 10.1. The lowest BCUT2D eigenvalue weighted by Crippen LogP contribution is -2.30. The van der Waals surface area contributed by atoms with Gasteiger partial charge in [0.05, 0.1) is 48.2 Å². The van der Waals surface area contributed by atoms with Gasteiger partial charge in [0.15, 0.2) is 21.4 Å².